The predicted molar refractivity (Wildman–Crippen MR) is 227 cm³/mol. The molecule has 11 rings (SSSR count). The molecular formula is C51H31N3O2. The molecule has 262 valence electrons. The van der Waals surface area contributed by atoms with Gasteiger partial charge < -0.3 is 8.83 Å². The van der Waals surface area contributed by atoms with Crippen LogP contribution in [0.1, 0.15) is 0 Å². The van der Waals surface area contributed by atoms with Crippen molar-refractivity contribution in [2.45, 2.75) is 0 Å². The molecule has 0 spiro atoms. The summed E-state index contributed by atoms with van der Waals surface area (Å²) in [4.78, 5) is 14.4. The lowest BCUT2D eigenvalue weighted by Crippen LogP contribution is -1.96. The van der Waals surface area contributed by atoms with Crippen LogP contribution in [0.5, 0.6) is 0 Å². The van der Waals surface area contributed by atoms with Crippen LogP contribution >= 0.6 is 0 Å². The van der Waals surface area contributed by atoms with Gasteiger partial charge in [0, 0.05) is 56.2 Å². The summed E-state index contributed by atoms with van der Waals surface area (Å²) in [5.41, 5.74) is 14.7. The van der Waals surface area contributed by atoms with Crippen LogP contribution in [-0.2, 0) is 0 Å². The lowest BCUT2D eigenvalue weighted by atomic mass is 9.93. The molecule has 4 heterocycles. The first-order chi connectivity index (χ1) is 27.7. The van der Waals surface area contributed by atoms with Crippen molar-refractivity contribution in [3.05, 3.63) is 188 Å². The quantitative estimate of drug-likeness (QED) is 0.171. The molecule has 56 heavy (non-hydrogen) atoms. The zero-order valence-electron chi connectivity index (χ0n) is 30.1. The first-order valence-corrected chi connectivity index (χ1v) is 18.7. The molecule has 0 fully saturated rings. The van der Waals surface area contributed by atoms with E-state index in [0.717, 1.165) is 105 Å². The molecule has 0 aliphatic heterocycles. The number of aromatic nitrogens is 3. The molecule has 0 saturated heterocycles. The van der Waals surface area contributed by atoms with E-state index in [-0.39, 0.29) is 0 Å². The van der Waals surface area contributed by atoms with Crippen LogP contribution in [0.2, 0.25) is 0 Å². The van der Waals surface area contributed by atoms with Gasteiger partial charge in [0.2, 0.25) is 0 Å². The highest BCUT2D eigenvalue weighted by molar-refractivity contribution is 6.17. The highest BCUT2D eigenvalue weighted by Gasteiger charge is 2.19. The van der Waals surface area contributed by atoms with Crippen LogP contribution < -0.4 is 0 Å². The van der Waals surface area contributed by atoms with Gasteiger partial charge in [0.05, 0.1) is 11.4 Å². The minimum Gasteiger partial charge on any atom is -0.456 e. The molecule has 11 aromatic rings. The van der Waals surface area contributed by atoms with Crippen molar-refractivity contribution in [2.75, 3.05) is 0 Å². The van der Waals surface area contributed by atoms with Gasteiger partial charge in [0.15, 0.2) is 5.82 Å². The third-order valence-electron chi connectivity index (χ3n) is 10.6. The summed E-state index contributed by atoms with van der Waals surface area (Å²) in [6.07, 6.45) is 3.67. The van der Waals surface area contributed by atoms with E-state index in [1.165, 1.54) is 0 Å². The second-order valence-electron chi connectivity index (χ2n) is 14.0. The molecule has 0 saturated carbocycles. The van der Waals surface area contributed by atoms with Crippen LogP contribution in [0.3, 0.4) is 0 Å². The van der Waals surface area contributed by atoms with Gasteiger partial charge in [-0.1, -0.05) is 133 Å². The molecule has 0 radical (unpaired) electrons. The number of benzene rings is 7. The first kappa shape index (κ1) is 31.9. The Bertz CT molecular complexity index is 3220. The van der Waals surface area contributed by atoms with E-state index in [4.69, 9.17) is 18.8 Å². The number of hydrogen-bond acceptors (Lipinski definition) is 5. The zero-order valence-corrected chi connectivity index (χ0v) is 30.1. The van der Waals surface area contributed by atoms with Crippen LogP contribution in [-0.4, -0.2) is 15.0 Å². The maximum absolute atomic E-state index is 6.68. The average molecular weight is 718 g/mol. The largest absolute Gasteiger partial charge is 0.456 e. The van der Waals surface area contributed by atoms with Crippen molar-refractivity contribution >= 4 is 43.9 Å². The number of para-hydroxylation sites is 2. The molecule has 5 nitrogen and oxygen atoms in total. The SMILES string of the molecule is c1ccc(-c2nc(-c3ccc(-c4cccnc4)cc3)cc(-c3ccc(-c4ccc(-c5ccc6oc7ccccc7c6c5)c5c4oc4ccccc45)cc3)n2)cc1. The van der Waals surface area contributed by atoms with Gasteiger partial charge in [-0.2, -0.15) is 0 Å². The van der Waals surface area contributed by atoms with E-state index < -0.39 is 0 Å². The molecule has 0 aliphatic carbocycles. The van der Waals surface area contributed by atoms with E-state index >= 15 is 0 Å². The van der Waals surface area contributed by atoms with Gasteiger partial charge in [-0.3, -0.25) is 4.98 Å². The second-order valence-corrected chi connectivity index (χ2v) is 14.0. The zero-order chi connectivity index (χ0) is 37.0. The Morgan fingerprint density at radius 3 is 1.68 bits per heavy atom. The number of hydrogen-bond donors (Lipinski definition) is 0. The number of furan rings is 2. The van der Waals surface area contributed by atoms with Gasteiger partial charge in [-0.15, -0.1) is 0 Å². The van der Waals surface area contributed by atoms with Crippen LogP contribution in [0, 0.1) is 0 Å². The fourth-order valence-corrected chi connectivity index (χ4v) is 7.84. The van der Waals surface area contributed by atoms with E-state index in [1.807, 2.05) is 54.7 Å². The maximum atomic E-state index is 6.68. The molecule has 5 heteroatoms. The molecule has 0 aliphatic rings. The monoisotopic (exact) mass is 717 g/mol. The van der Waals surface area contributed by atoms with E-state index in [0.29, 0.717) is 5.82 Å². The molecule has 0 amide bonds. The fourth-order valence-electron chi connectivity index (χ4n) is 7.84. The number of pyridine rings is 1. The van der Waals surface area contributed by atoms with Crippen molar-refractivity contribution < 1.29 is 8.83 Å². The van der Waals surface area contributed by atoms with Crippen LogP contribution in [0.15, 0.2) is 197 Å². The van der Waals surface area contributed by atoms with Crippen molar-refractivity contribution in [1.29, 1.82) is 0 Å². The highest BCUT2D eigenvalue weighted by atomic mass is 16.3. The summed E-state index contributed by atoms with van der Waals surface area (Å²) < 4.78 is 12.8. The minimum atomic E-state index is 0.680. The Balaban J connectivity index is 1.00. The topological polar surface area (TPSA) is 65.0 Å². The molecule has 0 atom stereocenters. The summed E-state index contributed by atoms with van der Waals surface area (Å²) in [6, 6.07) is 60.7. The van der Waals surface area contributed by atoms with Crippen molar-refractivity contribution in [3.8, 4) is 67.3 Å². The second kappa shape index (κ2) is 13.0. The van der Waals surface area contributed by atoms with Gasteiger partial charge in [0.25, 0.3) is 0 Å². The van der Waals surface area contributed by atoms with Crippen LogP contribution in [0.4, 0.5) is 0 Å². The Morgan fingerprint density at radius 2 is 0.946 bits per heavy atom. The van der Waals surface area contributed by atoms with E-state index in [9.17, 15) is 0 Å². The van der Waals surface area contributed by atoms with Gasteiger partial charge in [0.1, 0.15) is 22.3 Å². The molecule has 0 N–H and O–H groups in total. The first-order valence-electron chi connectivity index (χ1n) is 18.7. The standard InChI is InChI=1S/C51H31N3O2/c1-2-9-36(10-3-1)51-53-44(34-20-16-32(17-21-34)38-11-8-28-52-31-38)30-45(54-51)35-22-18-33(19-23-35)40-26-25-39(49-42-13-5-7-15-47(42)56-50(40)49)37-24-27-48-43(29-37)41-12-4-6-14-46(41)55-48/h1-31H. The van der Waals surface area contributed by atoms with Crippen molar-refractivity contribution in [3.63, 3.8) is 0 Å². The number of nitrogens with zero attached hydrogens (tertiary/aromatic N) is 3. The summed E-state index contributed by atoms with van der Waals surface area (Å²) in [5.74, 6) is 0.680. The van der Waals surface area contributed by atoms with Crippen LogP contribution in [0.25, 0.3) is 111 Å². The minimum absolute atomic E-state index is 0.680. The predicted octanol–water partition coefficient (Wildman–Crippen LogP) is 13.7. The fraction of sp³-hybridized carbons (Fsp3) is 0. The summed E-state index contributed by atoms with van der Waals surface area (Å²) in [6.45, 7) is 0. The molecular weight excluding hydrogens is 687 g/mol. The summed E-state index contributed by atoms with van der Waals surface area (Å²) in [5, 5.41) is 4.39. The smallest absolute Gasteiger partial charge is 0.160 e. The Morgan fingerprint density at radius 1 is 0.357 bits per heavy atom. The normalized spacial score (nSPS) is 11.6. The Kier molecular flexibility index (Phi) is 7.42. The van der Waals surface area contributed by atoms with Gasteiger partial charge >= 0.3 is 0 Å². The molecule has 4 aromatic heterocycles. The third kappa shape index (κ3) is 5.45. The summed E-state index contributed by atoms with van der Waals surface area (Å²) >= 11 is 0. The Labute approximate surface area is 322 Å². The third-order valence-corrected chi connectivity index (χ3v) is 10.6. The molecule has 0 unspecified atom stereocenters. The van der Waals surface area contributed by atoms with Crippen molar-refractivity contribution in [2.24, 2.45) is 0 Å². The number of rotatable bonds is 6. The lowest BCUT2D eigenvalue weighted by Gasteiger charge is -2.11. The van der Waals surface area contributed by atoms with Gasteiger partial charge in [-0.05, 0) is 70.3 Å². The van der Waals surface area contributed by atoms with Crippen molar-refractivity contribution in [1.82, 2.24) is 15.0 Å². The van der Waals surface area contributed by atoms with Gasteiger partial charge in [-0.25, -0.2) is 9.97 Å². The average Bonchev–Trinajstić information content (AvgIpc) is 3.85. The lowest BCUT2D eigenvalue weighted by molar-refractivity contribution is 0.669. The number of fused-ring (bicyclic) bond motifs is 6. The molecule has 7 aromatic carbocycles. The van der Waals surface area contributed by atoms with E-state index in [1.54, 1.807) is 6.20 Å². The Hall–Kier alpha value is -7.63. The highest BCUT2D eigenvalue weighted by Crippen LogP contribution is 2.43. The van der Waals surface area contributed by atoms with E-state index in [2.05, 4.69) is 132 Å². The molecule has 0 bridgehead atoms. The summed E-state index contributed by atoms with van der Waals surface area (Å²) in [7, 11) is 0. The maximum Gasteiger partial charge on any atom is 0.160 e.